The lowest BCUT2D eigenvalue weighted by atomic mass is 9.92. The third-order valence-electron chi connectivity index (χ3n) is 4.05. The fraction of sp³-hybridized carbons (Fsp3) is 0.588. The van der Waals surface area contributed by atoms with Gasteiger partial charge in [0.25, 0.3) is 0 Å². The van der Waals surface area contributed by atoms with Crippen LogP contribution in [0.3, 0.4) is 0 Å². The Morgan fingerprint density at radius 1 is 1.27 bits per heavy atom. The molecule has 2 atom stereocenters. The molecule has 0 spiro atoms. The molecule has 2 rings (SSSR count). The highest BCUT2D eigenvalue weighted by Crippen LogP contribution is 2.21. The first-order valence-electron chi connectivity index (χ1n) is 8.00. The minimum absolute atomic E-state index is 0.0813. The Balaban J connectivity index is 1.94. The molecular weight excluding hydrogens is 280 g/mol. The van der Waals surface area contributed by atoms with Crippen LogP contribution in [0.5, 0.6) is 0 Å². The minimum atomic E-state index is -0.183. The molecule has 1 fully saturated rings. The molecule has 0 aromatic heterocycles. The second-order valence-corrected chi connectivity index (χ2v) is 5.56. The smallest absolute Gasteiger partial charge is 0.319 e. The van der Waals surface area contributed by atoms with Gasteiger partial charge in [-0.1, -0.05) is 31.0 Å². The van der Waals surface area contributed by atoms with Crippen LogP contribution in [0.4, 0.5) is 10.5 Å². The number of methoxy groups -OCH3 is 1. The van der Waals surface area contributed by atoms with Crippen molar-refractivity contribution in [1.82, 2.24) is 5.32 Å². The number of hydrogen-bond acceptors (Lipinski definition) is 3. The zero-order chi connectivity index (χ0) is 15.8. The molecule has 0 heterocycles. The molecule has 0 unspecified atom stereocenters. The van der Waals surface area contributed by atoms with Gasteiger partial charge < -0.3 is 20.1 Å². The van der Waals surface area contributed by atoms with Crippen molar-refractivity contribution >= 4 is 11.7 Å². The highest BCUT2D eigenvalue weighted by Gasteiger charge is 2.26. The lowest BCUT2D eigenvalue weighted by Gasteiger charge is -2.31. The van der Waals surface area contributed by atoms with E-state index in [9.17, 15) is 4.79 Å². The molecule has 0 radical (unpaired) electrons. The number of hydrogen-bond donors (Lipinski definition) is 2. The topological polar surface area (TPSA) is 59.6 Å². The summed E-state index contributed by atoms with van der Waals surface area (Å²) in [5.41, 5.74) is 1.77. The molecule has 5 nitrogen and oxygen atoms in total. The van der Waals surface area contributed by atoms with Crippen molar-refractivity contribution in [3.05, 3.63) is 29.8 Å². The van der Waals surface area contributed by atoms with Crippen molar-refractivity contribution in [1.29, 1.82) is 0 Å². The first kappa shape index (κ1) is 16.8. The van der Waals surface area contributed by atoms with Gasteiger partial charge in [0.2, 0.25) is 0 Å². The molecule has 22 heavy (non-hydrogen) atoms. The number of para-hydroxylation sites is 1. The summed E-state index contributed by atoms with van der Waals surface area (Å²) in [6, 6.07) is 7.60. The van der Waals surface area contributed by atoms with E-state index >= 15 is 0 Å². The summed E-state index contributed by atoms with van der Waals surface area (Å²) >= 11 is 0. The molecule has 5 heteroatoms. The number of anilines is 1. The molecule has 122 valence electrons. The lowest BCUT2D eigenvalue weighted by Crippen LogP contribution is -2.47. The second kappa shape index (κ2) is 8.76. The molecule has 0 saturated heterocycles. The van der Waals surface area contributed by atoms with Crippen molar-refractivity contribution < 1.29 is 14.3 Å². The first-order valence-corrected chi connectivity index (χ1v) is 8.00. The van der Waals surface area contributed by atoms with E-state index in [0.29, 0.717) is 13.2 Å². The van der Waals surface area contributed by atoms with Gasteiger partial charge in [-0.15, -0.1) is 0 Å². The van der Waals surface area contributed by atoms with Crippen molar-refractivity contribution in [2.45, 2.75) is 51.4 Å². The Morgan fingerprint density at radius 3 is 2.82 bits per heavy atom. The Morgan fingerprint density at radius 2 is 2.05 bits per heavy atom. The molecule has 1 aromatic rings. The quantitative estimate of drug-likeness (QED) is 0.847. The zero-order valence-electron chi connectivity index (χ0n) is 13.4. The van der Waals surface area contributed by atoms with Gasteiger partial charge in [0.15, 0.2) is 0 Å². The zero-order valence-corrected chi connectivity index (χ0v) is 13.4. The van der Waals surface area contributed by atoms with E-state index in [2.05, 4.69) is 10.6 Å². The number of ether oxygens (including phenoxy) is 2. The van der Waals surface area contributed by atoms with E-state index in [1.807, 2.05) is 31.2 Å². The Bertz CT molecular complexity index is 479. The highest BCUT2D eigenvalue weighted by molar-refractivity contribution is 5.90. The summed E-state index contributed by atoms with van der Waals surface area (Å²) in [5.74, 6) is 0. The van der Waals surface area contributed by atoms with Gasteiger partial charge in [-0.3, -0.25) is 0 Å². The van der Waals surface area contributed by atoms with E-state index in [1.165, 1.54) is 0 Å². The van der Waals surface area contributed by atoms with Crippen LogP contribution >= 0.6 is 0 Å². The minimum Gasteiger partial charge on any atom is -0.379 e. The van der Waals surface area contributed by atoms with E-state index in [-0.39, 0.29) is 18.2 Å². The first-order chi connectivity index (χ1) is 10.7. The molecular formula is C17H26N2O3. The van der Waals surface area contributed by atoms with Gasteiger partial charge in [-0.05, 0) is 25.8 Å². The van der Waals surface area contributed by atoms with Crippen LogP contribution in [-0.4, -0.2) is 31.9 Å². The van der Waals surface area contributed by atoms with Gasteiger partial charge in [-0.2, -0.15) is 0 Å². The summed E-state index contributed by atoms with van der Waals surface area (Å²) in [5, 5.41) is 5.96. The van der Waals surface area contributed by atoms with Crippen LogP contribution in [0.25, 0.3) is 0 Å². The third kappa shape index (κ3) is 4.71. The molecule has 1 aliphatic carbocycles. The van der Waals surface area contributed by atoms with Gasteiger partial charge in [-0.25, -0.2) is 4.79 Å². The highest BCUT2D eigenvalue weighted by atomic mass is 16.5. The predicted octanol–water partition coefficient (Wildman–Crippen LogP) is 3.30. The maximum absolute atomic E-state index is 12.2. The van der Waals surface area contributed by atoms with Crippen LogP contribution in [-0.2, 0) is 16.1 Å². The van der Waals surface area contributed by atoms with E-state index < -0.39 is 0 Å². The molecule has 0 aliphatic heterocycles. The summed E-state index contributed by atoms with van der Waals surface area (Å²) in [6.07, 6.45) is 4.37. The predicted molar refractivity (Wildman–Crippen MR) is 87.0 cm³/mol. The standard InChI is InChI=1S/C17H26N2O3/c1-3-22-12-13-8-4-5-9-14(13)18-17(20)19-15-10-6-7-11-16(15)21-2/h4-5,8-9,15-16H,3,6-7,10-12H2,1-2H3,(H2,18,19,20)/t15-,16+/m0/s1. The summed E-state index contributed by atoms with van der Waals surface area (Å²) in [6.45, 7) is 3.10. The van der Waals surface area contributed by atoms with Crippen molar-refractivity contribution in [2.75, 3.05) is 19.0 Å². The largest absolute Gasteiger partial charge is 0.379 e. The number of rotatable bonds is 6. The number of benzene rings is 1. The van der Waals surface area contributed by atoms with E-state index in [0.717, 1.165) is 36.9 Å². The van der Waals surface area contributed by atoms with Crippen molar-refractivity contribution in [3.63, 3.8) is 0 Å². The van der Waals surface area contributed by atoms with Crippen LogP contribution < -0.4 is 10.6 Å². The Hall–Kier alpha value is -1.59. The second-order valence-electron chi connectivity index (χ2n) is 5.56. The van der Waals surface area contributed by atoms with Gasteiger partial charge in [0.1, 0.15) is 0 Å². The van der Waals surface area contributed by atoms with Gasteiger partial charge in [0, 0.05) is 25.0 Å². The van der Waals surface area contributed by atoms with Crippen molar-refractivity contribution in [3.8, 4) is 0 Å². The fourth-order valence-electron chi connectivity index (χ4n) is 2.85. The Kier molecular flexibility index (Phi) is 6.68. The van der Waals surface area contributed by atoms with Crippen LogP contribution in [0.1, 0.15) is 38.2 Å². The number of urea groups is 1. The Labute approximate surface area is 132 Å². The number of carbonyl (C=O) groups excluding carboxylic acids is 1. The lowest BCUT2D eigenvalue weighted by molar-refractivity contribution is 0.0459. The molecule has 2 amide bonds. The summed E-state index contributed by atoms with van der Waals surface area (Å²) in [7, 11) is 1.71. The molecule has 0 bridgehead atoms. The van der Waals surface area contributed by atoms with E-state index in [1.54, 1.807) is 7.11 Å². The fourth-order valence-corrected chi connectivity index (χ4v) is 2.85. The van der Waals surface area contributed by atoms with E-state index in [4.69, 9.17) is 9.47 Å². The van der Waals surface area contributed by atoms with Crippen LogP contribution in [0.15, 0.2) is 24.3 Å². The van der Waals surface area contributed by atoms with Crippen molar-refractivity contribution in [2.24, 2.45) is 0 Å². The number of amides is 2. The monoisotopic (exact) mass is 306 g/mol. The maximum atomic E-state index is 12.2. The maximum Gasteiger partial charge on any atom is 0.319 e. The molecule has 1 aliphatic rings. The van der Waals surface area contributed by atoms with Gasteiger partial charge in [0.05, 0.1) is 18.8 Å². The average Bonchev–Trinajstić information content (AvgIpc) is 2.54. The molecule has 1 aromatic carbocycles. The SMILES string of the molecule is CCOCc1ccccc1NC(=O)N[C@H]1CCCC[C@H]1OC. The van der Waals surface area contributed by atoms with Crippen LogP contribution in [0, 0.1) is 0 Å². The molecule has 2 N–H and O–H groups in total. The molecule has 1 saturated carbocycles. The number of nitrogens with one attached hydrogen (secondary N) is 2. The normalized spacial score (nSPS) is 21.4. The van der Waals surface area contributed by atoms with Crippen LogP contribution in [0.2, 0.25) is 0 Å². The third-order valence-corrected chi connectivity index (χ3v) is 4.05. The summed E-state index contributed by atoms with van der Waals surface area (Å²) < 4.78 is 10.9. The summed E-state index contributed by atoms with van der Waals surface area (Å²) in [4.78, 5) is 12.2. The van der Waals surface area contributed by atoms with Gasteiger partial charge >= 0.3 is 6.03 Å². The number of carbonyl (C=O) groups is 1. The average molecular weight is 306 g/mol.